The Morgan fingerprint density at radius 1 is 1.22 bits per heavy atom. The molecule has 3 aliphatic heterocycles. The minimum absolute atomic E-state index is 0.00141. The van der Waals surface area contributed by atoms with Gasteiger partial charge in [0, 0.05) is 48.6 Å². The van der Waals surface area contributed by atoms with Gasteiger partial charge >= 0.3 is 6.01 Å². The first-order valence-corrected chi connectivity index (χ1v) is 18.4. The van der Waals surface area contributed by atoms with Gasteiger partial charge in [-0.25, -0.2) is 13.8 Å². The average Bonchev–Trinajstić information content (AvgIpc) is 3.98. The van der Waals surface area contributed by atoms with E-state index in [-0.39, 0.29) is 48.9 Å². The van der Waals surface area contributed by atoms with E-state index < -0.39 is 11.6 Å². The van der Waals surface area contributed by atoms with Gasteiger partial charge in [0.05, 0.1) is 20.8 Å². The molecular weight excluding hydrogens is 668 g/mol. The Labute approximate surface area is 293 Å². The number of benzene rings is 2. The third-order valence-electron chi connectivity index (χ3n) is 10.2. The quantitative estimate of drug-likeness (QED) is 0.0909. The summed E-state index contributed by atoms with van der Waals surface area (Å²) in [6, 6.07) is 5.34. The fourth-order valence-corrected chi connectivity index (χ4v) is 8.54. The third-order valence-corrected chi connectivity index (χ3v) is 11.4. The van der Waals surface area contributed by atoms with E-state index in [1.54, 1.807) is 12.1 Å². The lowest BCUT2D eigenvalue weighted by Crippen LogP contribution is -2.43. The molecule has 0 amide bonds. The fraction of sp³-hybridized carbons (Fsp3) is 0.500. The van der Waals surface area contributed by atoms with Gasteiger partial charge in [-0.1, -0.05) is 35.9 Å². The van der Waals surface area contributed by atoms with E-state index in [0.717, 1.165) is 68.4 Å². The molecule has 1 saturated carbocycles. The molecule has 1 aliphatic carbocycles. The Kier molecular flexibility index (Phi) is 9.75. The summed E-state index contributed by atoms with van der Waals surface area (Å²) < 4.78 is 37.8. The number of thiazole rings is 1. The van der Waals surface area contributed by atoms with E-state index in [1.807, 2.05) is 11.8 Å². The van der Waals surface area contributed by atoms with Crippen LogP contribution in [0.1, 0.15) is 51.9 Å². The topological polar surface area (TPSA) is 119 Å². The molecule has 8 rings (SSSR count). The number of aldehydes is 1. The molecule has 3 saturated heterocycles. The van der Waals surface area contributed by atoms with Crippen molar-refractivity contribution in [3.63, 3.8) is 0 Å². The second-order valence-corrected chi connectivity index (χ2v) is 15.3. The van der Waals surface area contributed by atoms with Crippen LogP contribution in [-0.2, 0) is 4.79 Å². The van der Waals surface area contributed by atoms with Crippen LogP contribution in [0.15, 0.2) is 30.9 Å². The standard InChI is InChI=1S/C31H33ClF2N6O2S.C5H9N/c1-3-11-39(16-18(2)8-14-41)28-20-15-21(32)23(19-6-7-22(33)27-26(19)36-29(35)43-27)24(34)25(20)37-30(38-28)42-17-31-9-4-12-40(31)13-5-10-31;1-2-4(1)5-3-6-5/h3,6-7,14-15,18H,1,4-5,8-13,16-17H2,2H3,(H2,35,36);4-6H,1-3H2. The van der Waals surface area contributed by atoms with Crippen LogP contribution in [0.2, 0.25) is 5.02 Å². The smallest absolute Gasteiger partial charge is 0.319 e. The van der Waals surface area contributed by atoms with Crippen LogP contribution < -0.4 is 20.7 Å². The van der Waals surface area contributed by atoms with E-state index in [2.05, 4.69) is 26.8 Å². The molecule has 0 spiro atoms. The molecular formula is C36H42ClF2N7O2S. The number of ether oxygens (including phenoxy) is 1. The number of anilines is 2. The molecule has 2 aromatic heterocycles. The van der Waals surface area contributed by atoms with Crippen molar-refractivity contribution in [1.82, 2.24) is 25.2 Å². The summed E-state index contributed by atoms with van der Waals surface area (Å²) in [6.45, 7) is 10.5. The zero-order valence-corrected chi connectivity index (χ0v) is 29.3. The predicted octanol–water partition coefficient (Wildman–Crippen LogP) is 7.01. The maximum atomic E-state index is 16.7. The Morgan fingerprint density at radius 3 is 2.63 bits per heavy atom. The molecule has 4 fully saturated rings. The van der Waals surface area contributed by atoms with Gasteiger partial charge in [0.15, 0.2) is 10.9 Å². The zero-order chi connectivity index (χ0) is 34.3. The molecule has 9 nitrogen and oxygen atoms in total. The summed E-state index contributed by atoms with van der Waals surface area (Å²) in [5.74, 6) is 0.335. The first-order valence-electron chi connectivity index (χ1n) is 17.2. The molecule has 5 heterocycles. The van der Waals surface area contributed by atoms with Gasteiger partial charge in [0.25, 0.3) is 0 Å². The number of rotatable bonds is 12. The molecule has 2 aromatic carbocycles. The summed E-state index contributed by atoms with van der Waals surface area (Å²) in [4.78, 5) is 29.3. The Morgan fingerprint density at radius 2 is 1.98 bits per heavy atom. The molecule has 2 unspecified atom stereocenters. The Bertz CT molecular complexity index is 1860. The van der Waals surface area contributed by atoms with Gasteiger partial charge in [-0.15, -0.1) is 6.58 Å². The van der Waals surface area contributed by atoms with Crippen LogP contribution >= 0.6 is 22.9 Å². The van der Waals surface area contributed by atoms with E-state index in [4.69, 9.17) is 27.1 Å². The van der Waals surface area contributed by atoms with Gasteiger partial charge in [-0.2, -0.15) is 9.97 Å². The van der Waals surface area contributed by atoms with Gasteiger partial charge in [-0.3, -0.25) is 4.90 Å². The molecule has 260 valence electrons. The number of nitrogens with two attached hydrogens (primary N) is 1. The van der Waals surface area contributed by atoms with E-state index in [0.29, 0.717) is 42.9 Å². The van der Waals surface area contributed by atoms with Crippen molar-refractivity contribution in [1.29, 1.82) is 0 Å². The molecule has 0 radical (unpaired) electrons. The van der Waals surface area contributed by atoms with Crippen LogP contribution in [0.25, 0.3) is 32.2 Å². The van der Waals surface area contributed by atoms with Crippen molar-refractivity contribution >= 4 is 61.3 Å². The minimum atomic E-state index is -0.698. The second kappa shape index (κ2) is 14.0. The molecule has 2 atom stereocenters. The number of hydrogen-bond acceptors (Lipinski definition) is 10. The fourth-order valence-electron chi connectivity index (χ4n) is 7.48. The number of carbonyl (C=O) groups is 1. The SMILES string of the molecule is C1CC1C1CN1.C=CCN(CC(C)CC=O)c1nc(OCC23CCCN2CCC3)nc2c(F)c(-c3ccc(F)c4sc(N)nc34)c(Cl)cc12. The molecule has 0 bridgehead atoms. The average molecular weight is 710 g/mol. The lowest BCUT2D eigenvalue weighted by atomic mass is 9.95. The van der Waals surface area contributed by atoms with E-state index in [1.165, 1.54) is 31.5 Å². The number of nitrogens with zero attached hydrogens (tertiary/aromatic N) is 5. The third kappa shape index (κ3) is 6.97. The zero-order valence-electron chi connectivity index (χ0n) is 27.7. The Hall–Kier alpha value is -3.45. The second-order valence-electron chi connectivity index (χ2n) is 13.9. The van der Waals surface area contributed by atoms with Crippen molar-refractivity contribution in [2.24, 2.45) is 11.8 Å². The van der Waals surface area contributed by atoms with Crippen molar-refractivity contribution < 1.29 is 18.3 Å². The van der Waals surface area contributed by atoms with Crippen molar-refractivity contribution in [2.45, 2.75) is 63.5 Å². The first-order chi connectivity index (χ1) is 23.7. The van der Waals surface area contributed by atoms with Crippen molar-refractivity contribution in [3.8, 4) is 17.1 Å². The van der Waals surface area contributed by atoms with Gasteiger partial charge in [0.1, 0.15) is 30.0 Å². The monoisotopic (exact) mass is 709 g/mol. The number of nitrogens with one attached hydrogen (secondary N) is 1. The normalized spacial score (nSPS) is 20.1. The maximum Gasteiger partial charge on any atom is 0.319 e. The summed E-state index contributed by atoms with van der Waals surface area (Å²) in [6.07, 6.45) is 10.2. The number of halogens is 3. The number of nitrogen functional groups attached to an aromatic ring is 1. The van der Waals surface area contributed by atoms with Crippen LogP contribution in [-0.4, -0.2) is 77.0 Å². The van der Waals surface area contributed by atoms with Gasteiger partial charge in [0.2, 0.25) is 0 Å². The van der Waals surface area contributed by atoms with Crippen LogP contribution in [0.3, 0.4) is 0 Å². The van der Waals surface area contributed by atoms with Gasteiger partial charge < -0.3 is 25.5 Å². The van der Waals surface area contributed by atoms with Gasteiger partial charge in [-0.05, 0) is 81.6 Å². The highest BCUT2D eigenvalue weighted by Gasteiger charge is 2.45. The number of aromatic nitrogens is 3. The summed E-state index contributed by atoms with van der Waals surface area (Å²) in [7, 11) is 0. The highest BCUT2D eigenvalue weighted by molar-refractivity contribution is 7.22. The maximum absolute atomic E-state index is 16.7. The number of hydrogen-bond donors (Lipinski definition) is 2. The summed E-state index contributed by atoms with van der Waals surface area (Å²) >= 11 is 7.77. The highest BCUT2D eigenvalue weighted by atomic mass is 35.5. The minimum Gasteiger partial charge on any atom is -0.461 e. The van der Waals surface area contributed by atoms with Crippen LogP contribution in [0.5, 0.6) is 6.01 Å². The highest BCUT2D eigenvalue weighted by Crippen LogP contribution is 2.44. The molecule has 4 aliphatic rings. The van der Waals surface area contributed by atoms with E-state index >= 15 is 4.39 Å². The first kappa shape index (κ1) is 34.0. The molecule has 4 aromatic rings. The number of fused-ring (bicyclic) bond motifs is 3. The van der Waals surface area contributed by atoms with E-state index in [9.17, 15) is 9.18 Å². The number of carbonyl (C=O) groups excluding carboxylic acids is 1. The van der Waals surface area contributed by atoms with Crippen LogP contribution in [0.4, 0.5) is 19.7 Å². The lowest BCUT2D eigenvalue weighted by molar-refractivity contribution is -0.108. The van der Waals surface area contributed by atoms with Crippen molar-refractivity contribution in [2.75, 3.05) is 50.0 Å². The van der Waals surface area contributed by atoms with Crippen LogP contribution in [0, 0.1) is 23.5 Å². The predicted molar refractivity (Wildman–Crippen MR) is 193 cm³/mol. The molecule has 13 heteroatoms. The molecule has 3 N–H and O–H groups in total. The molecule has 49 heavy (non-hydrogen) atoms. The lowest BCUT2D eigenvalue weighted by Gasteiger charge is -2.31. The largest absolute Gasteiger partial charge is 0.461 e. The summed E-state index contributed by atoms with van der Waals surface area (Å²) in [5.41, 5.74) is 6.43. The summed E-state index contributed by atoms with van der Waals surface area (Å²) in [5, 5.41) is 3.94. The van der Waals surface area contributed by atoms with Crippen molar-refractivity contribution in [3.05, 3.63) is 47.5 Å². The Balaban J connectivity index is 0.000000561.